The molecule has 0 aromatic rings. The van der Waals surface area contributed by atoms with E-state index in [1.165, 1.54) is 225 Å². The molecule has 0 aliphatic carbocycles. The van der Waals surface area contributed by atoms with Gasteiger partial charge >= 0.3 is 5.97 Å². The largest absolute Gasteiger partial charge is 0.466 e. The summed E-state index contributed by atoms with van der Waals surface area (Å²) < 4.78 is 5.48. The van der Waals surface area contributed by atoms with Gasteiger partial charge in [-0.15, -0.1) is 0 Å². The second-order valence-corrected chi connectivity index (χ2v) is 19.6. The average molecular weight is 915 g/mol. The predicted octanol–water partition coefficient (Wildman–Crippen LogP) is 17.6. The Bertz CT molecular complexity index is 1060. The molecule has 0 aliphatic rings. The minimum atomic E-state index is -0.846. The number of unbranched alkanes of at least 4 members (excludes halogenated alkanes) is 38. The number of amides is 1. The van der Waals surface area contributed by atoms with Gasteiger partial charge < -0.3 is 20.3 Å². The summed E-state index contributed by atoms with van der Waals surface area (Å²) in [6, 6.07) is -0.630. The molecule has 0 saturated carbocycles. The Morgan fingerprint density at radius 1 is 0.431 bits per heavy atom. The molecule has 6 heteroatoms. The number of hydrogen-bond acceptors (Lipinski definition) is 5. The molecule has 0 spiro atoms. The zero-order chi connectivity index (χ0) is 47.2. The van der Waals surface area contributed by atoms with E-state index < -0.39 is 12.1 Å². The Kier molecular flexibility index (Phi) is 53.1. The highest BCUT2D eigenvalue weighted by Crippen LogP contribution is 2.16. The molecular formula is C59H111NO5. The fourth-order valence-electron chi connectivity index (χ4n) is 8.72. The van der Waals surface area contributed by atoms with E-state index in [4.69, 9.17) is 4.74 Å². The zero-order valence-electron chi connectivity index (χ0n) is 43.5. The third-order valence-corrected chi connectivity index (χ3v) is 13.2. The van der Waals surface area contributed by atoms with Crippen molar-refractivity contribution in [3.05, 3.63) is 36.5 Å². The predicted molar refractivity (Wildman–Crippen MR) is 283 cm³/mol. The normalized spacial score (nSPS) is 12.9. The molecule has 0 heterocycles. The Morgan fingerprint density at radius 3 is 1.18 bits per heavy atom. The Hall–Kier alpha value is -1.92. The molecule has 0 rings (SSSR count). The summed E-state index contributed by atoms with van der Waals surface area (Å²) in [5, 5.41) is 23.0. The van der Waals surface area contributed by atoms with E-state index in [1.54, 1.807) is 6.08 Å². The molecule has 0 saturated heterocycles. The molecule has 382 valence electrons. The SMILES string of the molecule is CCCCCC/C=C\C/C=C\CCCCCCCCCC(=O)OCCCCCCCCCCCCCCCCCCCCC(=O)NC(CO)C(O)/C=C/CCCCCCCCCCCC. The van der Waals surface area contributed by atoms with Crippen LogP contribution in [0.2, 0.25) is 0 Å². The Morgan fingerprint density at radius 2 is 0.769 bits per heavy atom. The van der Waals surface area contributed by atoms with Crippen LogP contribution in [0.3, 0.4) is 0 Å². The molecule has 65 heavy (non-hydrogen) atoms. The van der Waals surface area contributed by atoms with Gasteiger partial charge in [-0.3, -0.25) is 9.59 Å². The fraction of sp³-hybridized carbons (Fsp3) is 0.864. The summed E-state index contributed by atoms with van der Waals surface area (Å²) in [4.78, 5) is 24.5. The second-order valence-electron chi connectivity index (χ2n) is 19.6. The van der Waals surface area contributed by atoms with Crippen molar-refractivity contribution >= 4 is 11.9 Å². The van der Waals surface area contributed by atoms with Gasteiger partial charge in [0.15, 0.2) is 0 Å². The lowest BCUT2D eigenvalue weighted by molar-refractivity contribution is -0.143. The van der Waals surface area contributed by atoms with Gasteiger partial charge in [-0.25, -0.2) is 0 Å². The number of rotatable bonds is 53. The van der Waals surface area contributed by atoms with Crippen LogP contribution in [0.4, 0.5) is 0 Å². The molecule has 1 amide bonds. The number of aliphatic hydroxyl groups excluding tert-OH is 2. The molecule has 2 unspecified atom stereocenters. The van der Waals surface area contributed by atoms with E-state index in [1.807, 2.05) is 6.08 Å². The summed E-state index contributed by atoms with van der Waals surface area (Å²) in [6.07, 6.45) is 67.3. The lowest BCUT2D eigenvalue weighted by Gasteiger charge is -2.20. The number of esters is 1. The molecule has 0 radical (unpaired) electrons. The van der Waals surface area contributed by atoms with Crippen LogP contribution in [0.25, 0.3) is 0 Å². The average Bonchev–Trinajstić information content (AvgIpc) is 3.31. The molecule has 0 aromatic carbocycles. The number of nitrogens with one attached hydrogen (secondary N) is 1. The Balaban J connectivity index is 3.41. The van der Waals surface area contributed by atoms with Gasteiger partial charge in [0, 0.05) is 12.8 Å². The van der Waals surface area contributed by atoms with Crippen molar-refractivity contribution in [1.82, 2.24) is 5.32 Å². The number of aliphatic hydroxyl groups is 2. The van der Waals surface area contributed by atoms with Gasteiger partial charge in [0.2, 0.25) is 5.91 Å². The van der Waals surface area contributed by atoms with Crippen LogP contribution in [0, 0.1) is 0 Å². The van der Waals surface area contributed by atoms with Crippen LogP contribution < -0.4 is 5.32 Å². The number of carbonyl (C=O) groups excluding carboxylic acids is 2. The van der Waals surface area contributed by atoms with E-state index in [9.17, 15) is 19.8 Å². The van der Waals surface area contributed by atoms with E-state index in [0.29, 0.717) is 19.4 Å². The molecule has 0 aliphatic heterocycles. The summed E-state index contributed by atoms with van der Waals surface area (Å²) >= 11 is 0. The third kappa shape index (κ3) is 51.3. The highest BCUT2D eigenvalue weighted by Gasteiger charge is 2.18. The fourth-order valence-corrected chi connectivity index (χ4v) is 8.72. The van der Waals surface area contributed by atoms with Gasteiger partial charge in [0.1, 0.15) is 0 Å². The molecule has 0 bridgehead atoms. The lowest BCUT2D eigenvalue weighted by atomic mass is 10.0. The van der Waals surface area contributed by atoms with Crippen molar-refractivity contribution < 1.29 is 24.5 Å². The maximum atomic E-state index is 12.4. The van der Waals surface area contributed by atoms with Crippen LogP contribution in [-0.4, -0.2) is 47.4 Å². The molecule has 0 fully saturated rings. The summed E-state index contributed by atoms with van der Waals surface area (Å²) in [5.41, 5.74) is 0. The van der Waals surface area contributed by atoms with Gasteiger partial charge in [0.05, 0.1) is 25.4 Å². The van der Waals surface area contributed by atoms with E-state index >= 15 is 0 Å². The molecule has 2 atom stereocenters. The van der Waals surface area contributed by atoms with Crippen LogP contribution >= 0.6 is 0 Å². The number of allylic oxidation sites excluding steroid dienone is 5. The van der Waals surface area contributed by atoms with Crippen molar-refractivity contribution in [1.29, 1.82) is 0 Å². The highest BCUT2D eigenvalue weighted by atomic mass is 16.5. The van der Waals surface area contributed by atoms with Crippen molar-refractivity contribution in [3.63, 3.8) is 0 Å². The van der Waals surface area contributed by atoms with Crippen molar-refractivity contribution in [2.45, 2.75) is 315 Å². The maximum absolute atomic E-state index is 12.4. The van der Waals surface area contributed by atoms with Gasteiger partial charge in [-0.05, 0) is 64.2 Å². The van der Waals surface area contributed by atoms with Crippen molar-refractivity contribution in [3.8, 4) is 0 Å². The molecule has 3 N–H and O–H groups in total. The first-order valence-corrected chi connectivity index (χ1v) is 28.8. The molecular weight excluding hydrogens is 803 g/mol. The van der Waals surface area contributed by atoms with Crippen molar-refractivity contribution in [2.75, 3.05) is 13.2 Å². The van der Waals surface area contributed by atoms with Crippen LogP contribution in [-0.2, 0) is 14.3 Å². The number of ether oxygens (including phenoxy) is 1. The smallest absolute Gasteiger partial charge is 0.305 e. The zero-order valence-corrected chi connectivity index (χ0v) is 43.5. The summed E-state index contributed by atoms with van der Waals surface area (Å²) in [5.74, 6) is -0.0740. The first-order valence-electron chi connectivity index (χ1n) is 28.8. The minimum Gasteiger partial charge on any atom is -0.466 e. The maximum Gasteiger partial charge on any atom is 0.305 e. The quantitative estimate of drug-likeness (QED) is 0.0321. The standard InChI is InChI=1S/C59H111NO5/c1-3-5-7-9-11-13-15-17-18-19-23-26-29-33-37-41-45-49-53-59(64)65-54-50-46-42-38-34-30-27-24-21-20-22-25-28-32-36-40-44-48-52-58(63)60-56(55-61)57(62)51-47-43-39-35-31-16-14-12-10-8-6-4-2/h13,15,18-19,47,51,56-57,61-62H,3-12,14,16-17,20-46,48-50,52-55H2,1-2H3,(H,60,63)/b15-13-,19-18-,51-47+. The van der Waals surface area contributed by atoms with Crippen LogP contribution in [0.1, 0.15) is 303 Å². The first-order chi connectivity index (χ1) is 32.0. The number of carbonyl (C=O) groups is 2. The third-order valence-electron chi connectivity index (χ3n) is 13.2. The lowest BCUT2D eigenvalue weighted by Crippen LogP contribution is -2.45. The van der Waals surface area contributed by atoms with Crippen molar-refractivity contribution in [2.24, 2.45) is 0 Å². The van der Waals surface area contributed by atoms with Crippen LogP contribution in [0.15, 0.2) is 36.5 Å². The minimum absolute atomic E-state index is 0.00114. The van der Waals surface area contributed by atoms with E-state index in [-0.39, 0.29) is 18.5 Å². The summed E-state index contributed by atoms with van der Waals surface area (Å²) in [7, 11) is 0. The first kappa shape index (κ1) is 63.1. The molecule has 0 aromatic heterocycles. The molecule has 6 nitrogen and oxygen atoms in total. The van der Waals surface area contributed by atoms with E-state index in [2.05, 4.69) is 43.5 Å². The number of hydrogen-bond donors (Lipinski definition) is 3. The monoisotopic (exact) mass is 914 g/mol. The van der Waals surface area contributed by atoms with Crippen LogP contribution in [0.5, 0.6) is 0 Å². The van der Waals surface area contributed by atoms with Gasteiger partial charge in [0.25, 0.3) is 0 Å². The second kappa shape index (κ2) is 54.7. The van der Waals surface area contributed by atoms with Gasteiger partial charge in [-0.1, -0.05) is 262 Å². The van der Waals surface area contributed by atoms with Gasteiger partial charge in [-0.2, -0.15) is 0 Å². The van der Waals surface area contributed by atoms with E-state index in [0.717, 1.165) is 51.4 Å². The Labute approximate surface area is 404 Å². The highest BCUT2D eigenvalue weighted by molar-refractivity contribution is 5.76. The summed E-state index contributed by atoms with van der Waals surface area (Å²) in [6.45, 7) is 4.87. The topological polar surface area (TPSA) is 95.9 Å².